The van der Waals surface area contributed by atoms with Crippen LogP contribution in [-0.4, -0.2) is 44.5 Å². The van der Waals surface area contributed by atoms with Crippen molar-refractivity contribution in [2.24, 2.45) is 0 Å². The van der Waals surface area contributed by atoms with Gasteiger partial charge in [0.1, 0.15) is 6.10 Å². The lowest BCUT2D eigenvalue weighted by molar-refractivity contribution is -0.146. The Kier molecular flexibility index (Phi) is 4.49. The highest BCUT2D eigenvalue weighted by Crippen LogP contribution is 2.24. The molecule has 1 rings (SSSR count). The van der Waals surface area contributed by atoms with Crippen LogP contribution >= 0.6 is 11.8 Å². The first-order chi connectivity index (χ1) is 7.47. The second-order valence-corrected chi connectivity index (χ2v) is 5.15. The van der Waals surface area contributed by atoms with E-state index in [9.17, 15) is 15.0 Å². The van der Waals surface area contributed by atoms with E-state index in [2.05, 4.69) is 4.74 Å². The summed E-state index contributed by atoms with van der Waals surface area (Å²) < 4.78 is 4.64. The number of aliphatic hydroxyl groups is 3. The number of thioether (sulfide) groups is 1. The molecule has 0 amide bonds. The number of esters is 1. The van der Waals surface area contributed by atoms with Gasteiger partial charge in [0, 0.05) is 11.0 Å². The molecule has 0 bridgehead atoms. The summed E-state index contributed by atoms with van der Waals surface area (Å²) in [6.45, 7) is 4.05. The van der Waals surface area contributed by atoms with Gasteiger partial charge in [-0.1, -0.05) is 13.8 Å². The zero-order valence-corrected chi connectivity index (χ0v) is 10.0. The van der Waals surface area contributed by atoms with Crippen molar-refractivity contribution in [1.82, 2.24) is 0 Å². The van der Waals surface area contributed by atoms with Crippen LogP contribution in [-0.2, 0) is 9.53 Å². The highest BCUT2D eigenvalue weighted by molar-refractivity contribution is 7.99. The van der Waals surface area contributed by atoms with Crippen LogP contribution < -0.4 is 0 Å². The second kappa shape index (κ2) is 5.45. The number of aliphatic hydroxyl groups excluding tert-OH is 3. The van der Waals surface area contributed by atoms with Gasteiger partial charge in [0.25, 0.3) is 0 Å². The molecule has 0 aromatic carbocycles. The zero-order valence-electron chi connectivity index (χ0n) is 9.21. The number of cyclic esters (lactones) is 1. The summed E-state index contributed by atoms with van der Waals surface area (Å²) in [4.78, 5) is 10.9. The van der Waals surface area contributed by atoms with Gasteiger partial charge in [0.05, 0.1) is 0 Å². The molecule has 0 radical (unpaired) electrons. The van der Waals surface area contributed by atoms with Gasteiger partial charge in [-0.25, -0.2) is 4.79 Å². The molecule has 0 aliphatic carbocycles. The standard InChI is InChI=1S/C10H16O5S/c1-3-5(2)16-4-6(11)9-7(12)8(13)10(14)15-9/h5-6,9,11-13H,3-4H2,1-2H3/t5-,6-,9+/m0/s1. The van der Waals surface area contributed by atoms with Crippen molar-refractivity contribution in [1.29, 1.82) is 0 Å². The predicted octanol–water partition coefficient (Wildman–Crippen LogP) is 1.13. The summed E-state index contributed by atoms with van der Waals surface area (Å²) in [6, 6.07) is 0. The smallest absolute Gasteiger partial charge is 0.377 e. The minimum atomic E-state index is -1.14. The molecule has 1 heterocycles. The Bertz CT molecular complexity index is 302. The second-order valence-electron chi connectivity index (χ2n) is 3.68. The first kappa shape index (κ1) is 13.2. The average Bonchev–Trinajstić information content (AvgIpc) is 2.53. The largest absolute Gasteiger partial charge is 0.505 e. The Morgan fingerprint density at radius 3 is 2.56 bits per heavy atom. The van der Waals surface area contributed by atoms with Crippen molar-refractivity contribution in [3.63, 3.8) is 0 Å². The van der Waals surface area contributed by atoms with Gasteiger partial charge < -0.3 is 20.1 Å². The first-order valence-electron chi connectivity index (χ1n) is 5.10. The number of hydrogen-bond acceptors (Lipinski definition) is 6. The van der Waals surface area contributed by atoms with Crippen LogP contribution in [0.3, 0.4) is 0 Å². The Balaban J connectivity index is 2.50. The highest BCUT2D eigenvalue weighted by Gasteiger charge is 2.39. The molecule has 0 unspecified atom stereocenters. The molecule has 16 heavy (non-hydrogen) atoms. The molecule has 0 saturated heterocycles. The molecule has 0 saturated carbocycles. The molecule has 1 aliphatic heterocycles. The molecular formula is C10H16O5S. The van der Waals surface area contributed by atoms with Gasteiger partial charge in [-0.05, 0) is 6.42 Å². The fraction of sp³-hybridized carbons (Fsp3) is 0.700. The van der Waals surface area contributed by atoms with E-state index in [-0.39, 0.29) is 0 Å². The van der Waals surface area contributed by atoms with Gasteiger partial charge in [-0.2, -0.15) is 11.8 Å². The van der Waals surface area contributed by atoms with Crippen LogP contribution in [0, 0.1) is 0 Å². The van der Waals surface area contributed by atoms with E-state index in [1.54, 1.807) is 0 Å². The zero-order chi connectivity index (χ0) is 12.3. The molecule has 92 valence electrons. The lowest BCUT2D eigenvalue weighted by atomic mass is 10.2. The number of ether oxygens (including phenoxy) is 1. The van der Waals surface area contributed by atoms with Crippen LogP contribution in [0.5, 0.6) is 0 Å². The third-order valence-electron chi connectivity index (χ3n) is 2.42. The molecule has 1 aliphatic rings. The average molecular weight is 248 g/mol. The summed E-state index contributed by atoms with van der Waals surface area (Å²) in [7, 11) is 0. The van der Waals surface area contributed by atoms with E-state index in [1.807, 2.05) is 13.8 Å². The highest BCUT2D eigenvalue weighted by atomic mass is 32.2. The molecule has 0 fully saturated rings. The van der Waals surface area contributed by atoms with Crippen molar-refractivity contribution in [3.8, 4) is 0 Å². The molecule has 3 N–H and O–H groups in total. The monoisotopic (exact) mass is 248 g/mol. The minimum Gasteiger partial charge on any atom is -0.505 e. The quantitative estimate of drug-likeness (QED) is 0.632. The number of hydrogen-bond donors (Lipinski definition) is 3. The lowest BCUT2D eigenvalue weighted by Crippen LogP contribution is -2.31. The molecule has 5 nitrogen and oxygen atoms in total. The molecular weight excluding hydrogens is 232 g/mol. The maximum Gasteiger partial charge on any atom is 0.377 e. The summed E-state index contributed by atoms with van der Waals surface area (Å²) in [5.41, 5.74) is 0. The number of carbonyl (C=O) groups is 1. The molecule has 3 atom stereocenters. The van der Waals surface area contributed by atoms with E-state index in [0.29, 0.717) is 11.0 Å². The fourth-order valence-corrected chi connectivity index (χ4v) is 2.13. The Morgan fingerprint density at radius 2 is 2.12 bits per heavy atom. The van der Waals surface area contributed by atoms with Gasteiger partial charge >= 0.3 is 5.97 Å². The number of rotatable bonds is 5. The van der Waals surface area contributed by atoms with E-state index in [4.69, 9.17) is 5.11 Å². The molecule has 0 aromatic heterocycles. The summed E-state index contributed by atoms with van der Waals surface area (Å²) in [6.07, 6.45) is -1.17. The van der Waals surface area contributed by atoms with Gasteiger partial charge in [0.15, 0.2) is 11.9 Å². The SMILES string of the molecule is CC[C@H](C)SC[C@H](O)[C@H]1OC(=O)C(O)=C1O. The summed E-state index contributed by atoms with van der Waals surface area (Å²) >= 11 is 1.52. The molecule has 0 spiro atoms. The van der Waals surface area contributed by atoms with Crippen LogP contribution in [0.2, 0.25) is 0 Å². The normalized spacial score (nSPS) is 24.4. The third-order valence-corrected chi connectivity index (χ3v) is 3.85. The van der Waals surface area contributed by atoms with Gasteiger partial charge in [-0.15, -0.1) is 0 Å². The third kappa shape index (κ3) is 2.82. The van der Waals surface area contributed by atoms with Crippen molar-refractivity contribution in [2.45, 2.75) is 37.7 Å². The number of carbonyl (C=O) groups excluding carboxylic acids is 1. The lowest BCUT2D eigenvalue weighted by Gasteiger charge is -2.18. The van der Waals surface area contributed by atoms with E-state index < -0.39 is 29.7 Å². The van der Waals surface area contributed by atoms with Crippen molar-refractivity contribution in [2.75, 3.05) is 5.75 Å². The van der Waals surface area contributed by atoms with Crippen LogP contribution in [0.1, 0.15) is 20.3 Å². The fourth-order valence-electron chi connectivity index (χ4n) is 1.20. The van der Waals surface area contributed by atoms with Crippen molar-refractivity contribution < 1.29 is 24.9 Å². The Hall–Kier alpha value is -0.880. The van der Waals surface area contributed by atoms with Crippen LogP contribution in [0.15, 0.2) is 11.5 Å². The maximum absolute atomic E-state index is 10.9. The predicted molar refractivity (Wildman–Crippen MR) is 60.4 cm³/mol. The Labute approximate surface area is 98.1 Å². The minimum absolute atomic E-state index is 0.338. The maximum atomic E-state index is 10.9. The Morgan fingerprint density at radius 1 is 1.50 bits per heavy atom. The van der Waals surface area contributed by atoms with Crippen LogP contribution in [0.4, 0.5) is 0 Å². The van der Waals surface area contributed by atoms with Crippen LogP contribution in [0.25, 0.3) is 0 Å². The van der Waals surface area contributed by atoms with Gasteiger partial charge in [-0.3, -0.25) is 0 Å². The molecule has 6 heteroatoms. The summed E-state index contributed by atoms with van der Waals surface area (Å²) in [5.74, 6) is -2.04. The van der Waals surface area contributed by atoms with E-state index in [0.717, 1.165) is 6.42 Å². The topological polar surface area (TPSA) is 87.0 Å². The van der Waals surface area contributed by atoms with E-state index in [1.165, 1.54) is 11.8 Å². The summed E-state index contributed by atoms with van der Waals surface area (Å²) in [5, 5.41) is 28.5. The van der Waals surface area contributed by atoms with Gasteiger partial charge in [0.2, 0.25) is 5.76 Å². The molecule has 0 aromatic rings. The van der Waals surface area contributed by atoms with Crippen molar-refractivity contribution >= 4 is 17.7 Å². The van der Waals surface area contributed by atoms with E-state index >= 15 is 0 Å². The van der Waals surface area contributed by atoms with Crippen molar-refractivity contribution in [3.05, 3.63) is 11.5 Å². The first-order valence-corrected chi connectivity index (χ1v) is 6.15.